The van der Waals surface area contributed by atoms with Crippen molar-refractivity contribution in [3.63, 3.8) is 0 Å². The maximum Gasteiger partial charge on any atom is 0.227 e. The lowest BCUT2D eigenvalue weighted by molar-refractivity contribution is -0.123. The highest BCUT2D eigenvalue weighted by molar-refractivity contribution is 5.84. The van der Waals surface area contributed by atoms with Crippen molar-refractivity contribution in [1.29, 1.82) is 0 Å². The van der Waals surface area contributed by atoms with E-state index in [-0.39, 0.29) is 24.5 Å². The van der Waals surface area contributed by atoms with Crippen LogP contribution in [-0.2, 0) is 11.2 Å². The Kier molecular flexibility index (Phi) is 4.37. The van der Waals surface area contributed by atoms with Crippen LogP contribution >= 0.6 is 0 Å². The Balaban J connectivity index is 2.08. The summed E-state index contributed by atoms with van der Waals surface area (Å²) in [6, 6.07) is 8.26. The van der Waals surface area contributed by atoms with Crippen LogP contribution in [0, 0.1) is 0 Å². The second-order valence-electron chi connectivity index (χ2n) is 5.07. The molecule has 0 spiro atoms. The van der Waals surface area contributed by atoms with Crippen LogP contribution in [0.15, 0.2) is 24.3 Å². The second kappa shape index (κ2) is 6.01. The Hall–Kier alpha value is -1.35. The fourth-order valence-electron chi connectivity index (χ4n) is 2.64. The molecule has 2 atom stereocenters. The monoisotopic (exact) mass is 247 g/mol. The molecule has 1 aliphatic rings. The van der Waals surface area contributed by atoms with Crippen LogP contribution in [0.4, 0.5) is 0 Å². The summed E-state index contributed by atoms with van der Waals surface area (Å²) >= 11 is 0. The van der Waals surface area contributed by atoms with Crippen LogP contribution in [0.1, 0.15) is 43.2 Å². The summed E-state index contributed by atoms with van der Waals surface area (Å²) in [7, 11) is 0. The lowest BCUT2D eigenvalue weighted by atomic mass is 9.82. The van der Waals surface area contributed by atoms with Crippen molar-refractivity contribution in [2.45, 2.75) is 44.6 Å². The molecule has 0 heterocycles. The van der Waals surface area contributed by atoms with Gasteiger partial charge in [-0.3, -0.25) is 4.79 Å². The molecule has 0 saturated heterocycles. The fourth-order valence-corrected chi connectivity index (χ4v) is 2.64. The van der Waals surface area contributed by atoms with Crippen molar-refractivity contribution in [2.75, 3.05) is 6.61 Å². The third-order valence-corrected chi connectivity index (χ3v) is 3.64. The van der Waals surface area contributed by atoms with E-state index in [1.165, 1.54) is 11.1 Å². The fraction of sp³-hybridized carbons (Fsp3) is 0.533. The first kappa shape index (κ1) is 13.1. The predicted molar refractivity (Wildman–Crippen MR) is 71.4 cm³/mol. The number of fused-ring (bicyclic) bond motifs is 1. The first-order valence-electron chi connectivity index (χ1n) is 6.71. The summed E-state index contributed by atoms with van der Waals surface area (Å²) in [6.45, 7) is 2.05. The molecule has 98 valence electrons. The number of aliphatic hydroxyl groups excluding tert-OH is 1. The van der Waals surface area contributed by atoms with E-state index >= 15 is 0 Å². The van der Waals surface area contributed by atoms with E-state index in [0.717, 1.165) is 19.3 Å². The molecule has 0 bridgehead atoms. The minimum Gasteiger partial charge on any atom is -0.396 e. The molecule has 3 heteroatoms. The van der Waals surface area contributed by atoms with Crippen molar-refractivity contribution in [1.82, 2.24) is 5.32 Å². The third kappa shape index (κ3) is 2.91. The molecule has 2 unspecified atom stereocenters. The number of rotatable bonds is 4. The van der Waals surface area contributed by atoms with Gasteiger partial charge < -0.3 is 10.4 Å². The summed E-state index contributed by atoms with van der Waals surface area (Å²) in [5, 5.41) is 11.9. The van der Waals surface area contributed by atoms with Crippen LogP contribution in [0.5, 0.6) is 0 Å². The topological polar surface area (TPSA) is 49.3 Å². The van der Waals surface area contributed by atoms with Gasteiger partial charge in [0.25, 0.3) is 0 Å². The third-order valence-electron chi connectivity index (χ3n) is 3.64. The molecule has 0 saturated carbocycles. The number of aliphatic hydroxyl groups is 1. The highest BCUT2D eigenvalue weighted by atomic mass is 16.3. The maximum absolute atomic E-state index is 12.3. The van der Waals surface area contributed by atoms with E-state index in [1.54, 1.807) is 0 Å². The molecule has 1 aliphatic carbocycles. The van der Waals surface area contributed by atoms with Gasteiger partial charge in [-0.2, -0.15) is 0 Å². The summed E-state index contributed by atoms with van der Waals surface area (Å²) in [5.74, 6) is 0.0826. The van der Waals surface area contributed by atoms with Gasteiger partial charge in [-0.25, -0.2) is 0 Å². The molecule has 2 rings (SSSR count). The number of nitrogens with one attached hydrogen (secondary N) is 1. The average Bonchev–Trinajstić information content (AvgIpc) is 2.38. The van der Waals surface area contributed by atoms with Crippen LogP contribution in [0.3, 0.4) is 0 Å². The van der Waals surface area contributed by atoms with E-state index in [4.69, 9.17) is 5.11 Å². The minimum absolute atomic E-state index is 0.0175. The number of carbonyl (C=O) groups excluding carboxylic acids is 1. The number of carbonyl (C=O) groups is 1. The Labute approximate surface area is 108 Å². The molecule has 0 aliphatic heterocycles. The second-order valence-corrected chi connectivity index (χ2v) is 5.07. The van der Waals surface area contributed by atoms with Gasteiger partial charge in [0.2, 0.25) is 5.91 Å². The number of hydrogen-bond acceptors (Lipinski definition) is 2. The summed E-state index contributed by atoms with van der Waals surface area (Å²) in [4.78, 5) is 12.3. The molecule has 0 radical (unpaired) electrons. The quantitative estimate of drug-likeness (QED) is 0.855. The van der Waals surface area contributed by atoms with Gasteiger partial charge in [0.15, 0.2) is 0 Å². The molecule has 0 fully saturated rings. The molecular formula is C15H21NO2. The van der Waals surface area contributed by atoms with Crippen molar-refractivity contribution < 1.29 is 9.90 Å². The molecule has 0 aromatic heterocycles. The van der Waals surface area contributed by atoms with Crippen LogP contribution < -0.4 is 5.32 Å². The Morgan fingerprint density at radius 2 is 2.28 bits per heavy atom. The average molecular weight is 247 g/mol. The van der Waals surface area contributed by atoms with Gasteiger partial charge in [0.1, 0.15) is 0 Å². The maximum atomic E-state index is 12.3. The number of amides is 1. The van der Waals surface area contributed by atoms with Gasteiger partial charge in [-0.1, -0.05) is 24.3 Å². The molecular weight excluding hydrogens is 226 g/mol. The Morgan fingerprint density at radius 3 is 3.06 bits per heavy atom. The zero-order valence-electron chi connectivity index (χ0n) is 10.9. The highest BCUT2D eigenvalue weighted by Gasteiger charge is 2.26. The molecule has 1 aromatic rings. The number of aryl methyl sites for hydroxylation is 1. The number of benzene rings is 1. The lowest BCUT2D eigenvalue weighted by Gasteiger charge is -2.26. The van der Waals surface area contributed by atoms with Crippen LogP contribution in [-0.4, -0.2) is 23.7 Å². The molecule has 2 N–H and O–H groups in total. The minimum atomic E-state index is -0.0175. The Bertz CT molecular complexity index is 417. The molecule has 1 amide bonds. The predicted octanol–water partition coefficient (Wildman–Crippen LogP) is 1.99. The van der Waals surface area contributed by atoms with Gasteiger partial charge in [0, 0.05) is 12.6 Å². The van der Waals surface area contributed by atoms with Crippen LogP contribution in [0.2, 0.25) is 0 Å². The van der Waals surface area contributed by atoms with E-state index < -0.39 is 0 Å². The summed E-state index contributed by atoms with van der Waals surface area (Å²) in [5.41, 5.74) is 2.48. The van der Waals surface area contributed by atoms with Gasteiger partial charge >= 0.3 is 0 Å². The standard InChI is InChI=1S/C15H21NO2/c1-11(9-10-17)16-15(18)14-8-4-6-12-5-2-3-7-13(12)14/h2-3,5,7,11,14,17H,4,6,8-10H2,1H3,(H,16,18). The Morgan fingerprint density at radius 1 is 1.50 bits per heavy atom. The first-order valence-corrected chi connectivity index (χ1v) is 6.71. The number of hydrogen-bond donors (Lipinski definition) is 2. The smallest absolute Gasteiger partial charge is 0.227 e. The van der Waals surface area contributed by atoms with Crippen molar-refractivity contribution in [3.8, 4) is 0 Å². The zero-order chi connectivity index (χ0) is 13.0. The van der Waals surface area contributed by atoms with Crippen molar-refractivity contribution >= 4 is 5.91 Å². The zero-order valence-corrected chi connectivity index (χ0v) is 10.9. The largest absolute Gasteiger partial charge is 0.396 e. The molecule has 1 aromatic carbocycles. The van der Waals surface area contributed by atoms with E-state index in [2.05, 4.69) is 17.4 Å². The SMILES string of the molecule is CC(CCO)NC(=O)C1CCCc2ccccc21. The van der Waals surface area contributed by atoms with Gasteiger partial charge in [-0.05, 0) is 43.7 Å². The first-order chi connectivity index (χ1) is 8.72. The van der Waals surface area contributed by atoms with Crippen molar-refractivity contribution in [3.05, 3.63) is 35.4 Å². The normalized spacial score (nSPS) is 20.0. The summed E-state index contributed by atoms with van der Waals surface area (Å²) in [6.07, 6.45) is 3.68. The van der Waals surface area contributed by atoms with E-state index in [0.29, 0.717) is 6.42 Å². The van der Waals surface area contributed by atoms with Crippen molar-refractivity contribution in [2.24, 2.45) is 0 Å². The van der Waals surface area contributed by atoms with Gasteiger partial charge in [-0.15, -0.1) is 0 Å². The molecule has 18 heavy (non-hydrogen) atoms. The lowest BCUT2D eigenvalue weighted by Crippen LogP contribution is -2.37. The molecule has 3 nitrogen and oxygen atoms in total. The van der Waals surface area contributed by atoms with E-state index in [9.17, 15) is 4.79 Å². The van der Waals surface area contributed by atoms with E-state index in [1.807, 2.05) is 19.1 Å². The highest BCUT2D eigenvalue weighted by Crippen LogP contribution is 2.31. The van der Waals surface area contributed by atoms with Crippen LogP contribution in [0.25, 0.3) is 0 Å². The summed E-state index contributed by atoms with van der Waals surface area (Å²) < 4.78 is 0. The van der Waals surface area contributed by atoms with Gasteiger partial charge in [0.05, 0.1) is 5.92 Å².